The first-order chi connectivity index (χ1) is 13.6. The van der Waals surface area contributed by atoms with Crippen LogP contribution in [0.3, 0.4) is 0 Å². The van der Waals surface area contributed by atoms with Gasteiger partial charge in [0, 0.05) is 18.3 Å². The molecule has 0 radical (unpaired) electrons. The van der Waals surface area contributed by atoms with Gasteiger partial charge in [0.2, 0.25) is 0 Å². The zero-order valence-corrected chi connectivity index (χ0v) is 16.1. The molecule has 2 saturated heterocycles. The zero-order chi connectivity index (χ0) is 21.1. The van der Waals surface area contributed by atoms with E-state index in [0.29, 0.717) is 12.8 Å². The number of carbonyl (C=O) groups excluding carboxylic acids is 3. The van der Waals surface area contributed by atoms with E-state index < -0.39 is 71.5 Å². The minimum absolute atomic E-state index is 0.126. The van der Waals surface area contributed by atoms with Gasteiger partial charge in [-0.3, -0.25) is 9.59 Å². The lowest BCUT2D eigenvalue weighted by Gasteiger charge is -2.35. The predicted molar refractivity (Wildman–Crippen MR) is 88.1 cm³/mol. The second kappa shape index (κ2) is 6.85. The van der Waals surface area contributed by atoms with Crippen LogP contribution in [0, 0.1) is 29.1 Å². The quantitative estimate of drug-likeness (QED) is 0.480. The number of carbonyl (C=O) groups is 3. The van der Waals surface area contributed by atoms with Crippen LogP contribution in [-0.2, 0) is 33.3 Å². The van der Waals surface area contributed by atoms with Crippen molar-refractivity contribution < 1.29 is 46.5 Å². The molecule has 0 amide bonds. The number of hydrogen-bond acceptors (Lipinski definition) is 7. The number of rotatable bonds is 6. The van der Waals surface area contributed by atoms with Crippen LogP contribution in [0.2, 0.25) is 0 Å². The Kier molecular flexibility index (Phi) is 4.83. The Morgan fingerprint density at radius 1 is 1.21 bits per heavy atom. The highest BCUT2D eigenvalue weighted by atomic mass is 19.4. The van der Waals surface area contributed by atoms with Gasteiger partial charge in [0.05, 0.1) is 30.5 Å². The standard InChI is InChI=1S/C19H23F3O7/c1-3-18(2,7-27-10-4-5-26-15(10)23)17(25)29-14-9-6-8-11(12(9)19(20,21)22)16(24)28-13(8)14/h8-14H,3-7H2,1-2H3. The third kappa shape index (κ3) is 3.19. The van der Waals surface area contributed by atoms with E-state index >= 15 is 0 Å². The fourth-order valence-electron chi connectivity index (χ4n) is 5.08. The summed E-state index contributed by atoms with van der Waals surface area (Å²) in [5.41, 5.74) is -1.15. The monoisotopic (exact) mass is 420 g/mol. The van der Waals surface area contributed by atoms with Gasteiger partial charge in [-0.25, -0.2) is 4.79 Å². The fourth-order valence-corrected chi connectivity index (χ4v) is 5.08. The second-order valence-corrected chi connectivity index (χ2v) is 8.60. The SMILES string of the molecule is CCC(C)(COC1CCOC1=O)C(=O)OC1C2CC3C1OC(=O)C3C2C(F)(F)F. The first-order valence-electron chi connectivity index (χ1n) is 9.83. The highest BCUT2D eigenvalue weighted by Gasteiger charge is 2.73. The Bertz CT molecular complexity index is 723. The van der Waals surface area contributed by atoms with E-state index in [2.05, 4.69) is 0 Å². The van der Waals surface area contributed by atoms with Crippen molar-refractivity contribution in [2.24, 2.45) is 29.1 Å². The summed E-state index contributed by atoms with van der Waals surface area (Å²) in [6.07, 6.45) is -6.45. The third-order valence-electron chi connectivity index (χ3n) is 6.93. The van der Waals surface area contributed by atoms with Crippen molar-refractivity contribution in [2.45, 2.75) is 57.6 Å². The average Bonchev–Trinajstić information content (AvgIpc) is 3.36. The molecule has 4 rings (SSSR count). The maximum atomic E-state index is 13.6. The van der Waals surface area contributed by atoms with Crippen molar-refractivity contribution in [3.63, 3.8) is 0 Å². The summed E-state index contributed by atoms with van der Waals surface area (Å²) < 4.78 is 61.8. The number of cyclic esters (lactones) is 1. The van der Waals surface area contributed by atoms with Gasteiger partial charge in [0.1, 0.15) is 12.2 Å². The third-order valence-corrected chi connectivity index (χ3v) is 6.93. The van der Waals surface area contributed by atoms with Gasteiger partial charge in [-0.1, -0.05) is 6.92 Å². The molecule has 0 aromatic rings. The van der Waals surface area contributed by atoms with Crippen LogP contribution >= 0.6 is 0 Å². The van der Waals surface area contributed by atoms with E-state index in [0.717, 1.165) is 0 Å². The normalized spacial score (nSPS) is 40.0. The summed E-state index contributed by atoms with van der Waals surface area (Å²) in [7, 11) is 0. The molecule has 0 spiro atoms. The molecule has 2 aliphatic heterocycles. The molecule has 0 N–H and O–H groups in total. The molecule has 0 aromatic heterocycles. The summed E-state index contributed by atoms with van der Waals surface area (Å²) in [6, 6.07) is 0. The summed E-state index contributed by atoms with van der Waals surface area (Å²) in [4.78, 5) is 36.4. The minimum atomic E-state index is -4.57. The van der Waals surface area contributed by atoms with Gasteiger partial charge in [0.15, 0.2) is 6.10 Å². The maximum Gasteiger partial charge on any atom is 0.393 e. The predicted octanol–water partition coefficient (Wildman–Crippen LogP) is 2.02. The Labute approximate surface area is 165 Å². The van der Waals surface area contributed by atoms with Gasteiger partial charge < -0.3 is 18.9 Å². The van der Waals surface area contributed by atoms with E-state index in [4.69, 9.17) is 18.9 Å². The molecule has 2 heterocycles. The Balaban J connectivity index is 1.47. The molecule has 8 atom stereocenters. The summed E-state index contributed by atoms with van der Waals surface area (Å²) >= 11 is 0. The molecule has 162 valence electrons. The van der Waals surface area contributed by atoms with Gasteiger partial charge in [-0.05, 0) is 19.8 Å². The van der Waals surface area contributed by atoms with Crippen LogP contribution in [0.1, 0.15) is 33.1 Å². The van der Waals surface area contributed by atoms with E-state index in [-0.39, 0.29) is 19.6 Å². The lowest BCUT2D eigenvalue weighted by atomic mass is 9.78. The highest BCUT2D eigenvalue weighted by molar-refractivity contribution is 5.79. The molecule has 10 heteroatoms. The second-order valence-electron chi connectivity index (χ2n) is 8.60. The summed E-state index contributed by atoms with van der Waals surface area (Å²) in [5.74, 6) is -6.69. The van der Waals surface area contributed by atoms with Crippen molar-refractivity contribution in [1.82, 2.24) is 0 Å². The molecule has 2 bridgehead atoms. The van der Waals surface area contributed by atoms with Crippen molar-refractivity contribution in [1.29, 1.82) is 0 Å². The lowest BCUT2D eigenvalue weighted by Crippen LogP contribution is -2.48. The molecule has 7 nitrogen and oxygen atoms in total. The summed E-state index contributed by atoms with van der Waals surface area (Å²) in [5, 5.41) is 0. The molecule has 29 heavy (non-hydrogen) atoms. The van der Waals surface area contributed by atoms with E-state index in [1.54, 1.807) is 13.8 Å². The number of esters is 3. The van der Waals surface area contributed by atoms with Crippen molar-refractivity contribution >= 4 is 17.9 Å². The zero-order valence-electron chi connectivity index (χ0n) is 16.1. The molecular formula is C19H23F3O7. The number of ether oxygens (including phenoxy) is 4. The Morgan fingerprint density at radius 2 is 1.93 bits per heavy atom. The molecule has 0 aromatic carbocycles. The maximum absolute atomic E-state index is 13.6. The average molecular weight is 420 g/mol. The Hall–Kier alpha value is -1.84. The van der Waals surface area contributed by atoms with Gasteiger partial charge in [-0.15, -0.1) is 0 Å². The molecule has 4 fully saturated rings. The van der Waals surface area contributed by atoms with Gasteiger partial charge >= 0.3 is 24.1 Å². The topological polar surface area (TPSA) is 88.1 Å². The van der Waals surface area contributed by atoms with Crippen molar-refractivity contribution in [3.8, 4) is 0 Å². The van der Waals surface area contributed by atoms with E-state index in [1.807, 2.05) is 0 Å². The van der Waals surface area contributed by atoms with Gasteiger partial charge in [-0.2, -0.15) is 13.2 Å². The minimum Gasteiger partial charge on any atom is -0.464 e. The Morgan fingerprint density at radius 3 is 2.52 bits per heavy atom. The number of hydrogen-bond donors (Lipinski definition) is 0. The smallest absolute Gasteiger partial charge is 0.393 e. The van der Waals surface area contributed by atoms with Crippen LogP contribution in [0.15, 0.2) is 0 Å². The van der Waals surface area contributed by atoms with Crippen LogP contribution in [0.25, 0.3) is 0 Å². The van der Waals surface area contributed by atoms with Crippen molar-refractivity contribution in [3.05, 3.63) is 0 Å². The number of alkyl halides is 3. The first-order valence-corrected chi connectivity index (χ1v) is 9.83. The largest absolute Gasteiger partial charge is 0.464 e. The van der Waals surface area contributed by atoms with Crippen LogP contribution in [-0.4, -0.2) is 55.6 Å². The molecule has 2 saturated carbocycles. The van der Waals surface area contributed by atoms with E-state index in [9.17, 15) is 27.6 Å². The molecular weight excluding hydrogens is 397 g/mol. The fraction of sp³-hybridized carbons (Fsp3) is 0.842. The van der Waals surface area contributed by atoms with Crippen molar-refractivity contribution in [2.75, 3.05) is 13.2 Å². The van der Waals surface area contributed by atoms with Crippen LogP contribution < -0.4 is 0 Å². The van der Waals surface area contributed by atoms with E-state index in [1.165, 1.54) is 0 Å². The summed E-state index contributed by atoms with van der Waals surface area (Å²) in [6.45, 7) is 3.42. The molecule has 2 aliphatic carbocycles. The molecule has 8 unspecified atom stereocenters. The molecule has 4 aliphatic rings. The highest BCUT2D eigenvalue weighted by Crippen LogP contribution is 2.62. The lowest BCUT2D eigenvalue weighted by molar-refractivity contribution is -0.214. The van der Waals surface area contributed by atoms with Crippen LogP contribution in [0.4, 0.5) is 13.2 Å². The first kappa shape index (κ1) is 20.4. The number of fused-ring (bicyclic) bond motifs is 1. The van der Waals surface area contributed by atoms with Crippen LogP contribution in [0.5, 0.6) is 0 Å². The number of halogens is 3. The van der Waals surface area contributed by atoms with Gasteiger partial charge in [0.25, 0.3) is 0 Å².